The zero-order valence-corrected chi connectivity index (χ0v) is 13.9. The van der Waals surface area contributed by atoms with E-state index < -0.39 is 0 Å². The third-order valence-corrected chi connectivity index (χ3v) is 4.09. The minimum Gasteiger partial charge on any atom is -0.396 e. The molecule has 1 saturated carbocycles. The first-order chi connectivity index (χ1) is 11.7. The molecule has 1 aliphatic carbocycles. The molecule has 0 saturated heterocycles. The molecular formula is C16H24N6O2. The molecule has 2 rings (SSSR count). The number of anilines is 2. The van der Waals surface area contributed by atoms with E-state index in [1.54, 1.807) is 7.11 Å². The number of rotatable bonds is 9. The lowest BCUT2D eigenvalue weighted by atomic mass is 10.2. The summed E-state index contributed by atoms with van der Waals surface area (Å²) in [5, 5.41) is 32.3. The molecule has 4 N–H and O–H groups in total. The first-order valence-electron chi connectivity index (χ1n) is 8.21. The summed E-state index contributed by atoms with van der Waals surface area (Å²) in [4.78, 5) is 8.40. The Hall–Kier alpha value is -2.24. The number of hydrogen-bond acceptors (Lipinski definition) is 8. The van der Waals surface area contributed by atoms with Crippen molar-refractivity contribution in [3.63, 3.8) is 0 Å². The number of nitriles is 1. The Kier molecular flexibility index (Phi) is 6.90. The molecule has 1 aliphatic rings. The van der Waals surface area contributed by atoms with Crippen molar-refractivity contribution < 1.29 is 9.84 Å². The van der Waals surface area contributed by atoms with Gasteiger partial charge in [-0.1, -0.05) is 12.8 Å². The second-order valence-electron chi connectivity index (χ2n) is 5.77. The van der Waals surface area contributed by atoms with E-state index in [0.717, 1.165) is 12.8 Å². The molecule has 0 radical (unpaired) electrons. The van der Waals surface area contributed by atoms with Gasteiger partial charge in [-0.2, -0.15) is 5.26 Å². The number of nitrogens with zero attached hydrogens (tertiary/aromatic N) is 3. The third kappa shape index (κ3) is 4.63. The highest BCUT2D eigenvalue weighted by Gasteiger charge is 2.20. The number of aromatic nitrogens is 2. The Morgan fingerprint density at radius 3 is 2.71 bits per heavy atom. The van der Waals surface area contributed by atoms with E-state index in [9.17, 15) is 5.26 Å². The molecule has 1 unspecified atom stereocenters. The lowest BCUT2D eigenvalue weighted by Gasteiger charge is -2.21. The van der Waals surface area contributed by atoms with Crippen LogP contribution in [0.1, 0.15) is 49.9 Å². The van der Waals surface area contributed by atoms with Gasteiger partial charge in [-0.3, -0.25) is 0 Å². The van der Waals surface area contributed by atoms with E-state index >= 15 is 0 Å². The van der Waals surface area contributed by atoms with Gasteiger partial charge in [0, 0.05) is 26.0 Å². The maximum absolute atomic E-state index is 9.19. The molecule has 0 amide bonds. The number of methoxy groups -OCH3 is 1. The molecule has 8 nitrogen and oxygen atoms in total. The summed E-state index contributed by atoms with van der Waals surface area (Å²) in [6.45, 7) is 0.0701. The van der Waals surface area contributed by atoms with Crippen LogP contribution in [0.4, 0.5) is 11.6 Å². The van der Waals surface area contributed by atoms with Crippen molar-refractivity contribution in [1.82, 2.24) is 9.97 Å². The predicted molar refractivity (Wildman–Crippen MR) is 91.3 cm³/mol. The van der Waals surface area contributed by atoms with Gasteiger partial charge in [-0.05, 0) is 25.7 Å². The quantitative estimate of drug-likeness (QED) is 0.401. The Morgan fingerprint density at radius 1 is 1.42 bits per heavy atom. The SMILES string of the molecule is COC(CCCO)Nc1nc(C#N)nc(NC2CCCC2)c1C=N. The van der Waals surface area contributed by atoms with Crippen LogP contribution in [0.5, 0.6) is 0 Å². The molecule has 1 aromatic heterocycles. The van der Waals surface area contributed by atoms with Crippen LogP contribution in [-0.4, -0.2) is 47.3 Å². The van der Waals surface area contributed by atoms with Gasteiger partial charge < -0.3 is 25.9 Å². The minimum atomic E-state index is -0.364. The minimum absolute atomic E-state index is 0.0422. The third-order valence-electron chi connectivity index (χ3n) is 4.09. The summed E-state index contributed by atoms with van der Waals surface area (Å²) in [6, 6.07) is 2.27. The smallest absolute Gasteiger partial charge is 0.236 e. The van der Waals surface area contributed by atoms with Gasteiger partial charge in [-0.25, -0.2) is 9.97 Å². The lowest BCUT2D eigenvalue weighted by molar-refractivity contribution is 0.109. The molecule has 1 aromatic rings. The molecular weight excluding hydrogens is 308 g/mol. The Morgan fingerprint density at radius 2 is 2.12 bits per heavy atom. The number of nitrogens with one attached hydrogen (secondary N) is 3. The van der Waals surface area contributed by atoms with Crippen LogP contribution in [0.3, 0.4) is 0 Å². The molecule has 1 atom stereocenters. The van der Waals surface area contributed by atoms with E-state index in [2.05, 4.69) is 20.6 Å². The summed E-state index contributed by atoms with van der Waals surface area (Å²) in [5.74, 6) is 0.936. The van der Waals surface area contributed by atoms with Crippen LogP contribution >= 0.6 is 0 Å². The highest BCUT2D eigenvalue weighted by atomic mass is 16.5. The summed E-state index contributed by atoms with van der Waals surface area (Å²) >= 11 is 0. The van der Waals surface area contributed by atoms with E-state index in [1.807, 2.05) is 6.07 Å². The second kappa shape index (κ2) is 9.15. The van der Waals surface area contributed by atoms with Crippen molar-refractivity contribution in [2.75, 3.05) is 24.4 Å². The molecule has 1 fully saturated rings. The summed E-state index contributed by atoms with van der Waals surface area (Å²) < 4.78 is 5.34. The second-order valence-corrected chi connectivity index (χ2v) is 5.77. The summed E-state index contributed by atoms with van der Waals surface area (Å²) in [5.41, 5.74) is 0.506. The molecule has 24 heavy (non-hydrogen) atoms. The standard InChI is InChI=1S/C16H24N6O2/c1-24-14(7-4-8-23)22-16-12(9-17)15(20-13(10-18)21-16)19-11-5-2-3-6-11/h9,11,14,17,23H,2-8H2,1H3,(H2,19,20,21,22). The monoisotopic (exact) mass is 332 g/mol. The fraction of sp³-hybridized carbons (Fsp3) is 0.625. The predicted octanol–water partition coefficient (Wildman–Crippen LogP) is 1.86. The molecule has 130 valence electrons. The first-order valence-corrected chi connectivity index (χ1v) is 8.21. The van der Waals surface area contributed by atoms with E-state index in [4.69, 9.17) is 15.3 Å². The van der Waals surface area contributed by atoms with Crippen molar-refractivity contribution >= 4 is 17.9 Å². The van der Waals surface area contributed by atoms with E-state index in [-0.39, 0.29) is 18.7 Å². The molecule has 0 aliphatic heterocycles. The normalized spacial score (nSPS) is 15.7. The van der Waals surface area contributed by atoms with Crippen LogP contribution in [0, 0.1) is 16.7 Å². The van der Waals surface area contributed by atoms with Gasteiger partial charge >= 0.3 is 0 Å². The summed E-state index contributed by atoms with van der Waals surface area (Å²) in [7, 11) is 1.56. The molecule has 0 spiro atoms. The lowest BCUT2D eigenvalue weighted by Crippen LogP contribution is -2.25. The number of hydrogen-bond donors (Lipinski definition) is 4. The molecule has 8 heteroatoms. The van der Waals surface area contributed by atoms with Crippen LogP contribution in [0.2, 0.25) is 0 Å². The topological polar surface area (TPSA) is 127 Å². The van der Waals surface area contributed by atoms with Crippen molar-refractivity contribution in [2.24, 2.45) is 0 Å². The number of aliphatic hydroxyl groups is 1. The highest BCUT2D eigenvalue weighted by molar-refractivity contribution is 5.91. The average molecular weight is 332 g/mol. The Labute approximate surface area is 141 Å². The van der Waals surface area contributed by atoms with Gasteiger partial charge in [0.25, 0.3) is 0 Å². The van der Waals surface area contributed by atoms with Gasteiger partial charge in [0.05, 0.1) is 5.56 Å². The van der Waals surface area contributed by atoms with Crippen molar-refractivity contribution in [3.05, 3.63) is 11.4 Å². The highest BCUT2D eigenvalue weighted by Crippen LogP contribution is 2.26. The van der Waals surface area contributed by atoms with E-state index in [1.165, 1.54) is 19.1 Å². The zero-order valence-electron chi connectivity index (χ0n) is 13.9. The Balaban J connectivity index is 2.27. The fourth-order valence-electron chi connectivity index (χ4n) is 2.82. The van der Waals surface area contributed by atoms with Gasteiger partial charge in [0.2, 0.25) is 5.82 Å². The summed E-state index contributed by atoms with van der Waals surface area (Å²) in [6.07, 6.45) is 6.44. The van der Waals surface area contributed by atoms with E-state index in [0.29, 0.717) is 36.1 Å². The average Bonchev–Trinajstić information content (AvgIpc) is 3.11. The Bertz CT molecular complexity index is 595. The van der Waals surface area contributed by atoms with Crippen LogP contribution in [0.25, 0.3) is 0 Å². The molecule has 0 bridgehead atoms. The van der Waals surface area contributed by atoms with Crippen molar-refractivity contribution in [3.8, 4) is 6.07 Å². The number of aliphatic hydroxyl groups excluding tert-OH is 1. The largest absolute Gasteiger partial charge is 0.396 e. The zero-order chi connectivity index (χ0) is 17.4. The number of ether oxygens (including phenoxy) is 1. The van der Waals surface area contributed by atoms with Crippen molar-refractivity contribution in [2.45, 2.75) is 50.8 Å². The maximum atomic E-state index is 9.19. The van der Waals surface area contributed by atoms with Gasteiger partial charge in [-0.15, -0.1) is 0 Å². The van der Waals surface area contributed by atoms with Crippen LogP contribution in [-0.2, 0) is 4.74 Å². The molecule has 1 heterocycles. The fourth-order valence-corrected chi connectivity index (χ4v) is 2.82. The van der Waals surface area contributed by atoms with Gasteiger partial charge in [0.15, 0.2) is 0 Å². The first kappa shape index (κ1) is 18.1. The maximum Gasteiger partial charge on any atom is 0.236 e. The molecule has 0 aromatic carbocycles. The van der Waals surface area contributed by atoms with Gasteiger partial charge in [0.1, 0.15) is 23.9 Å². The van der Waals surface area contributed by atoms with Crippen LogP contribution < -0.4 is 10.6 Å². The van der Waals surface area contributed by atoms with Crippen LogP contribution in [0.15, 0.2) is 0 Å². The van der Waals surface area contributed by atoms with Crippen molar-refractivity contribution in [1.29, 1.82) is 10.7 Å².